The fourth-order valence-corrected chi connectivity index (χ4v) is 5.48. The average Bonchev–Trinajstić information content (AvgIpc) is 3.27. The maximum atomic E-state index is 5.53. The molecule has 5 heteroatoms. The smallest absolute Gasteiger partial charge is 0.191 e. The Bertz CT molecular complexity index is 477. The number of hydrogen-bond donors (Lipinski definition) is 2. The quantitative estimate of drug-likeness (QED) is 0.553. The first-order valence-electron chi connectivity index (χ1n) is 11.7. The largest absolute Gasteiger partial charge is 0.381 e. The first-order chi connectivity index (χ1) is 13.3. The van der Waals surface area contributed by atoms with Gasteiger partial charge in [-0.1, -0.05) is 32.1 Å². The van der Waals surface area contributed by atoms with Crippen LogP contribution in [0.4, 0.5) is 0 Å². The molecule has 3 atom stereocenters. The second-order valence-corrected chi connectivity index (χ2v) is 9.32. The molecule has 154 valence electrons. The highest BCUT2D eigenvalue weighted by molar-refractivity contribution is 5.80. The zero-order valence-corrected chi connectivity index (χ0v) is 17.3. The van der Waals surface area contributed by atoms with Crippen LogP contribution in [0.25, 0.3) is 0 Å². The number of piperidine rings is 1. The van der Waals surface area contributed by atoms with E-state index in [2.05, 4.69) is 22.5 Å². The minimum atomic E-state index is 0.575. The van der Waals surface area contributed by atoms with Gasteiger partial charge in [-0.05, 0) is 50.4 Å². The number of nitrogens with zero attached hydrogens (tertiary/aromatic N) is 2. The molecule has 4 rings (SSSR count). The Morgan fingerprint density at radius 1 is 1.04 bits per heavy atom. The van der Waals surface area contributed by atoms with E-state index < -0.39 is 0 Å². The van der Waals surface area contributed by atoms with Crippen molar-refractivity contribution in [2.24, 2.45) is 22.7 Å². The standard InChI is InChI=1S/C22H40N4O/c1-2-23-22(25-21-14-20(21)18-6-4-3-5-7-18)24-19-8-11-26(12-9-19)15-17-10-13-27-16-17/h17-21H,2-16H2,1H3,(H2,23,24,25). The molecule has 0 aromatic rings. The average molecular weight is 377 g/mol. The van der Waals surface area contributed by atoms with Crippen molar-refractivity contribution < 1.29 is 4.74 Å². The first-order valence-corrected chi connectivity index (χ1v) is 11.7. The molecule has 2 heterocycles. The Kier molecular flexibility index (Phi) is 6.93. The van der Waals surface area contributed by atoms with Gasteiger partial charge in [0.2, 0.25) is 0 Å². The van der Waals surface area contributed by atoms with E-state index in [0.29, 0.717) is 12.1 Å². The Balaban J connectivity index is 1.18. The summed E-state index contributed by atoms with van der Waals surface area (Å²) in [5, 5.41) is 7.52. The Labute approximate surface area is 165 Å². The molecular formula is C22H40N4O. The van der Waals surface area contributed by atoms with Crippen LogP contribution >= 0.6 is 0 Å². The molecular weight excluding hydrogens is 336 g/mol. The predicted octanol–water partition coefficient (Wildman–Crippen LogP) is 3.01. The molecule has 3 unspecified atom stereocenters. The molecule has 0 spiro atoms. The SMILES string of the molecule is CCN=C(NC1CCN(CC2CCOC2)CC1)NC1CC1C1CCCCC1. The molecule has 2 saturated heterocycles. The number of nitrogens with one attached hydrogen (secondary N) is 2. The number of likely N-dealkylation sites (tertiary alicyclic amines) is 1. The van der Waals surface area contributed by atoms with Gasteiger partial charge >= 0.3 is 0 Å². The fraction of sp³-hybridized carbons (Fsp3) is 0.955. The lowest BCUT2D eigenvalue weighted by atomic mass is 9.85. The Hall–Kier alpha value is -0.810. The van der Waals surface area contributed by atoms with Crippen molar-refractivity contribution in [2.45, 2.75) is 76.8 Å². The second-order valence-electron chi connectivity index (χ2n) is 9.32. The lowest BCUT2D eigenvalue weighted by molar-refractivity contribution is 0.150. The van der Waals surface area contributed by atoms with E-state index in [-0.39, 0.29) is 0 Å². The van der Waals surface area contributed by atoms with Gasteiger partial charge < -0.3 is 20.3 Å². The van der Waals surface area contributed by atoms with E-state index in [9.17, 15) is 0 Å². The van der Waals surface area contributed by atoms with Crippen molar-refractivity contribution >= 4 is 5.96 Å². The summed E-state index contributed by atoms with van der Waals surface area (Å²) in [6, 6.07) is 1.25. The number of hydrogen-bond acceptors (Lipinski definition) is 3. The van der Waals surface area contributed by atoms with Gasteiger partial charge in [-0.25, -0.2) is 0 Å². The maximum absolute atomic E-state index is 5.53. The van der Waals surface area contributed by atoms with Gasteiger partial charge in [0.05, 0.1) is 6.61 Å². The van der Waals surface area contributed by atoms with Gasteiger partial charge in [0.25, 0.3) is 0 Å². The van der Waals surface area contributed by atoms with Crippen LogP contribution in [0.5, 0.6) is 0 Å². The summed E-state index contributed by atoms with van der Waals surface area (Å²) in [6.45, 7) is 8.58. The minimum absolute atomic E-state index is 0.575. The summed E-state index contributed by atoms with van der Waals surface area (Å²) in [6.07, 6.45) is 12.3. The molecule has 2 aliphatic carbocycles. The highest BCUT2D eigenvalue weighted by atomic mass is 16.5. The highest BCUT2D eigenvalue weighted by Crippen LogP contribution is 2.44. The summed E-state index contributed by atoms with van der Waals surface area (Å²) in [4.78, 5) is 7.38. The van der Waals surface area contributed by atoms with Crippen LogP contribution < -0.4 is 10.6 Å². The predicted molar refractivity (Wildman–Crippen MR) is 111 cm³/mol. The van der Waals surface area contributed by atoms with Crippen molar-refractivity contribution in [2.75, 3.05) is 39.4 Å². The molecule has 0 radical (unpaired) electrons. The summed E-state index contributed by atoms with van der Waals surface area (Å²) in [5.41, 5.74) is 0. The lowest BCUT2D eigenvalue weighted by Crippen LogP contribution is -2.50. The molecule has 5 nitrogen and oxygen atoms in total. The second kappa shape index (κ2) is 9.60. The zero-order chi connectivity index (χ0) is 18.5. The van der Waals surface area contributed by atoms with Crippen LogP contribution in [-0.2, 0) is 4.74 Å². The van der Waals surface area contributed by atoms with E-state index in [4.69, 9.17) is 9.73 Å². The van der Waals surface area contributed by atoms with Crippen LogP contribution in [0.1, 0.15) is 64.7 Å². The minimum Gasteiger partial charge on any atom is -0.381 e. The number of guanidine groups is 1. The fourth-order valence-electron chi connectivity index (χ4n) is 5.48. The van der Waals surface area contributed by atoms with E-state index in [1.54, 1.807) is 0 Å². The third kappa shape index (κ3) is 5.60. The van der Waals surface area contributed by atoms with Gasteiger partial charge in [0.15, 0.2) is 5.96 Å². The third-order valence-electron chi connectivity index (χ3n) is 7.20. The number of aliphatic imine (C=N–C) groups is 1. The van der Waals surface area contributed by atoms with E-state index >= 15 is 0 Å². The van der Waals surface area contributed by atoms with Crippen LogP contribution in [0.15, 0.2) is 4.99 Å². The molecule has 2 aliphatic heterocycles. The van der Waals surface area contributed by atoms with Gasteiger partial charge in [0.1, 0.15) is 0 Å². The molecule has 2 N–H and O–H groups in total. The summed E-state index contributed by atoms with van der Waals surface area (Å²) >= 11 is 0. The molecule has 4 aliphatic rings. The van der Waals surface area contributed by atoms with Crippen molar-refractivity contribution in [3.05, 3.63) is 0 Å². The molecule has 27 heavy (non-hydrogen) atoms. The van der Waals surface area contributed by atoms with Gasteiger partial charge in [-0.15, -0.1) is 0 Å². The monoisotopic (exact) mass is 376 g/mol. The van der Waals surface area contributed by atoms with Crippen LogP contribution in [0.3, 0.4) is 0 Å². The molecule has 4 fully saturated rings. The topological polar surface area (TPSA) is 48.9 Å². The van der Waals surface area contributed by atoms with Crippen molar-refractivity contribution in [3.8, 4) is 0 Å². The number of rotatable bonds is 6. The summed E-state index contributed by atoms with van der Waals surface area (Å²) in [7, 11) is 0. The van der Waals surface area contributed by atoms with Crippen molar-refractivity contribution in [3.63, 3.8) is 0 Å². The molecule has 0 aromatic carbocycles. The van der Waals surface area contributed by atoms with Gasteiger partial charge in [0, 0.05) is 44.9 Å². The third-order valence-corrected chi connectivity index (χ3v) is 7.20. The van der Waals surface area contributed by atoms with Crippen LogP contribution in [-0.4, -0.2) is 62.3 Å². The van der Waals surface area contributed by atoms with Gasteiger partial charge in [-0.3, -0.25) is 4.99 Å². The Morgan fingerprint density at radius 3 is 2.56 bits per heavy atom. The molecule has 0 amide bonds. The van der Waals surface area contributed by atoms with Crippen molar-refractivity contribution in [1.29, 1.82) is 0 Å². The van der Waals surface area contributed by atoms with Gasteiger partial charge in [-0.2, -0.15) is 0 Å². The van der Waals surface area contributed by atoms with E-state index in [0.717, 1.165) is 43.5 Å². The lowest BCUT2D eigenvalue weighted by Gasteiger charge is -2.34. The van der Waals surface area contributed by atoms with Crippen molar-refractivity contribution in [1.82, 2.24) is 15.5 Å². The maximum Gasteiger partial charge on any atom is 0.191 e. The molecule has 0 bridgehead atoms. The summed E-state index contributed by atoms with van der Waals surface area (Å²) in [5.74, 6) is 3.72. The Morgan fingerprint density at radius 2 is 1.85 bits per heavy atom. The first kappa shape index (κ1) is 19.5. The molecule has 2 saturated carbocycles. The number of ether oxygens (including phenoxy) is 1. The van der Waals surface area contributed by atoms with Crippen LogP contribution in [0, 0.1) is 17.8 Å². The van der Waals surface area contributed by atoms with E-state index in [1.165, 1.54) is 77.4 Å². The normalized spacial score (nSPS) is 34.0. The molecule has 0 aromatic heterocycles. The van der Waals surface area contributed by atoms with Crippen LogP contribution in [0.2, 0.25) is 0 Å². The summed E-state index contributed by atoms with van der Waals surface area (Å²) < 4.78 is 5.53. The zero-order valence-electron chi connectivity index (χ0n) is 17.3. The van der Waals surface area contributed by atoms with E-state index in [1.807, 2.05) is 0 Å². The highest BCUT2D eigenvalue weighted by Gasteiger charge is 2.43.